The molecule has 1 aliphatic heterocycles. The van der Waals surface area contributed by atoms with E-state index in [9.17, 15) is 31.2 Å². The number of halogens is 3. The average Bonchev–Trinajstić information content (AvgIpc) is 3.79. The number of anilines is 2. The molecule has 1 saturated heterocycles. The van der Waals surface area contributed by atoms with Crippen molar-refractivity contribution in [2.24, 2.45) is 5.92 Å². The SMILES string of the molecule is O=C(N(c1ccc(S(=O)(=O)Nc2ccccc2Oc2ccccc2)cc1)C1(C(=O)NCC2CCNCC2)CC1)C(F)(F)F. The Bertz CT molecular complexity index is 1560. The third kappa shape index (κ3) is 6.94. The summed E-state index contributed by atoms with van der Waals surface area (Å²) in [5.41, 5.74) is -1.79. The Balaban J connectivity index is 1.36. The molecule has 2 fully saturated rings. The second kappa shape index (κ2) is 12.3. The molecule has 3 aromatic carbocycles. The number of carbonyl (C=O) groups is 2. The Morgan fingerprint density at radius 3 is 2.19 bits per heavy atom. The van der Waals surface area contributed by atoms with E-state index in [1.54, 1.807) is 48.5 Å². The van der Waals surface area contributed by atoms with Crippen LogP contribution in [0.4, 0.5) is 24.5 Å². The van der Waals surface area contributed by atoms with E-state index in [1.165, 1.54) is 6.07 Å². The van der Waals surface area contributed by atoms with Crippen LogP contribution in [0.1, 0.15) is 25.7 Å². The van der Waals surface area contributed by atoms with Crippen LogP contribution in [0.15, 0.2) is 83.8 Å². The third-order valence-corrected chi connectivity index (χ3v) is 8.92. The lowest BCUT2D eigenvalue weighted by Gasteiger charge is -2.32. The number of sulfonamides is 1. The predicted octanol–water partition coefficient (Wildman–Crippen LogP) is 4.82. The van der Waals surface area contributed by atoms with Gasteiger partial charge in [-0.15, -0.1) is 0 Å². The molecule has 13 heteroatoms. The number of alkyl halides is 3. The lowest BCUT2D eigenvalue weighted by molar-refractivity contribution is -0.171. The van der Waals surface area contributed by atoms with Crippen molar-refractivity contribution in [3.63, 3.8) is 0 Å². The molecule has 1 saturated carbocycles. The molecule has 2 amide bonds. The summed E-state index contributed by atoms with van der Waals surface area (Å²) in [6.45, 7) is 1.88. The maximum absolute atomic E-state index is 13.7. The van der Waals surface area contributed by atoms with Crippen molar-refractivity contribution < 1.29 is 35.9 Å². The van der Waals surface area contributed by atoms with Crippen LogP contribution < -0.4 is 25.0 Å². The summed E-state index contributed by atoms with van der Waals surface area (Å²) in [6, 6.07) is 19.5. The Kier molecular flexibility index (Phi) is 8.65. The van der Waals surface area contributed by atoms with Crippen LogP contribution in [-0.2, 0) is 19.6 Å². The van der Waals surface area contributed by atoms with Crippen molar-refractivity contribution in [3.05, 3.63) is 78.9 Å². The Labute approximate surface area is 247 Å². The molecular formula is C30H31F3N4O5S. The summed E-state index contributed by atoms with van der Waals surface area (Å²) in [5.74, 6) is -1.93. The fourth-order valence-electron chi connectivity index (χ4n) is 5.08. The van der Waals surface area contributed by atoms with Crippen molar-refractivity contribution >= 4 is 33.2 Å². The highest BCUT2D eigenvalue weighted by Gasteiger charge is 2.61. The van der Waals surface area contributed by atoms with E-state index in [1.807, 2.05) is 0 Å². The first-order valence-electron chi connectivity index (χ1n) is 13.8. The van der Waals surface area contributed by atoms with Gasteiger partial charge in [0, 0.05) is 12.2 Å². The van der Waals surface area contributed by atoms with Gasteiger partial charge < -0.3 is 15.4 Å². The molecule has 0 aromatic heterocycles. The van der Waals surface area contributed by atoms with Crippen LogP contribution in [0.3, 0.4) is 0 Å². The van der Waals surface area contributed by atoms with E-state index in [0.29, 0.717) is 17.2 Å². The monoisotopic (exact) mass is 616 g/mol. The second-order valence-electron chi connectivity index (χ2n) is 10.6. The molecule has 1 aliphatic carbocycles. The highest BCUT2D eigenvalue weighted by atomic mass is 32.2. The predicted molar refractivity (Wildman–Crippen MR) is 154 cm³/mol. The van der Waals surface area contributed by atoms with E-state index in [0.717, 1.165) is 50.2 Å². The molecule has 0 bridgehead atoms. The molecular weight excluding hydrogens is 585 g/mol. The minimum atomic E-state index is -5.25. The standard InChI is InChI=1S/C30H31F3N4O5S/c31-30(32,33)28(39)37(29(16-17-29)27(38)35-20-21-14-18-34-19-15-21)22-10-12-24(13-11-22)43(40,41)36-25-8-4-5-9-26(25)42-23-6-2-1-3-7-23/h1-13,21,34,36H,14-20H2,(H,35,38). The first-order chi connectivity index (χ1) is 20.5. The van der Waals surface area contributed by atoms with Gasteiger partial charge >= 0.3 is 12.1 Å². The summed E-state index contributed by atoms with van der Waals surface area (Å²) in [4.78, 5) is 26.0. The maximum Gasteiger partial charge on any atom is 0.471 e. The van der Waals surface area contributed by atoms with Gasteiger partial charge in [0.15, 0.2) is 5.75 Å². The van der Waals surface area contributed by atoms with E-state index >= 15 is 0 Å². The molecule has 3 N–H and O–H groups in total. The number of para-hydroxylation sites is 3. The number of hydrogen-bond donors (Lipinski definition) is 3. The Morgan fingerprint density at radius 1 is 0.930 bits per heavy atom. The largest absolute Gasteiger partial charge is 0.471 e. The highest BCUT2D eigenvalue weighted by Crippen LogP contribution is 2.46. The highest BCUT2D eigenvalue weighted by molar-refractivity contribution is 7.92. The summed E-state index contributed by atoms with van der Waals surface area (Å²) in [6.07, 6.45) is -3.50. The number of hydrogen-bond acceptors (Lipinski definition) is 6. The quantitative estimate of drug-likeness (QED) is 0.301. The van der Waals surface area contributed by atoms with Gasteiger partial charge in [0.25, 0.3) is 10.0 Å². The van der Waals surface area contributed by atoms with Crippen molar-refractivity contribution in [2.45, 2.75) is 42.3 Å². The zero-order valence-corrected chi connectivity index (χ0v) is 23.9. The molecule has 0 unspecified atom stereocenters. The number of piperidine rings is 1. The third-order valence-electron chi connectivity index (χ3n) is 7.54. The lowest BCUT2D eigenvalue weighted by atomic mass is 9.98. The molecule has 2 aliphatic rings. The summed E-state index contributed by atoms with van der Waals surface area (Å²) in [5, 5.41) is 5.96. The summed E-state index contributed by atoms with van der Waals surface area (Å²) >= 11 is 0. The Hall–Kier alpha value is -4.10. The maximum atomic E-state index is 13.7. The molecule has 0 spiro atoms. The van der Waals surface area contributed by atoms with Gasteiger partial charge in [-0.2, -0.15) is 13.2 Å². The van der Waals surface area contributed by atoms with Gasteiger partial charge in [-0.25, -0.2) is 8.42 Å². The zero-order valence-electron chi connectivity index (χ0n) is 23.1. The fraction of sp³-hybridized carbons (Fsp3) is 0.333. The Morgan fingerprint density at radius 2 is 1.56 bits per heavy atom. The first kappa shape index (κ1) is 30.4. The number of carbonyl (C=O) groups excluding carboxylic acids is 2. The number of ether oxygens (including phenoxy) is 1. The molecule has 1 heterocycles. The number of nitrogens with one attached hydrogen (secondary N) is 3. The lowest BCUT2D eigenvalue weighted by Crippen LogP contribution is -2.56. The van der Waals surface area contributed by atoms with E-state index in [2.05, 4.69) is 15.4 Å². The van der Waals surface area contributed by atoms with Gasteiger partial charge in [-0.05, 0) is 93.2 Å². The van der Waals surface area contributed by atoms with Crippen LogP contribution in [0.5, 0.6) is 11.5 Å². The van der Waals surface area contributed by atoms with Gasteiger partial charge in [-0.3, -0.25) is 19.2 Å². The van der Waals surface area contributed by atoms with Crippen LogP contribution in [-0.4, -0.2) is 51.6 Å². The van der Waals surface area contributed by atoms with Gasteiger partial charge in [0.2, 0.25) is 5.91 Å². The van der Waals surface area contributed by atoms with Gasteiger partial charge in [0.05, 0.1) is 10.6 Å². The molecule has 228 valence electrons. The number of rotatable bonds is 10. The van der Waals surface area contributed by atoms with Gasteiger partial charge in [-0.1, -0.05) is 30.3 Å². The van der Waals surface area contributed by atoms with Gasteiger partial charge in [0.1, 0.15) is 11.3 Å². The van der Waals surface area contributed by atoms with Crippen LogP contribution >= 0.6 is 0 Å². The minimum Gasteiger partial charge on any atom is -0.455 e. The average molecular weight is 617 g/mol. The van der Waals surface area contributed by atoms with Crippen molar-refractivity contribution in [1.82, 2.24) is 10.6 Å². The molecule has 9 nitrogen and oxygen atoms in total. The normalized spacial score (nSPS) is 16.6. The summed E-state index contributed by atoms with van der Waals surface area (Å²) in [7, 11) is -4.22. The molecule has 43 heavy (non-hydrogen) atoms. The van der Waals surface area contributed by atoms with Crippen molar-refractivity contribution in [2.75, 3.05) is 29.3 Å². The fourth-order valence-corrected chi connectivity index (χ4v) is 6.15. The molecule has 0 radical (unpaired) electrons. The van der Waals surface area contributed by atoms with E-state index < -0.39 is 33.6 Å². The second-order valence-corrected chi connectivity index (χ2v) is 12.3. The van der Waals surface area contributed by atoms with Crippen LogP contribution in [0.2, 0.25) is 0 Å². The first-order valence-corrected chi connectivity index (χ1v) is 15.3. The number of amides is 2. The van der Waals surface area contributed by atoms with Crippen molar-refractivity contribution in [3.8, 4) is 11.5 Å². The number of benzene rings is 3. The minimum absolute atomic E-state index is 0.0483. The zero-order chi connectivity index (χ0) is 30.7. The van der Waals surface area contributed by atoms with Crippen LogP contribution in [0.25, 0.3) is 0 Å². The molecule has 5 rings (SSSR count). The molecule has 0 atom stereocenters. The van der Waals surface area contributed by atoms with E-state index in [-0.39, 0.29) is 40.8 Å². The topological polar surface area (TPSA) is 117 Å². The van der Waals surface area contributed by atoms with E-state index in [4.69, 9.17) is 4.74 Å². The van der Waals surface area contributed by atoms with Crippen LogP contribution in [0, 0.1) is 5.92 Å². The molecule has 3 aromatic rings. The number of nitrogens with zero attached hydrogens (tertiary/aromatic N) is 1. The smallest absolute Gasteiger partial charge is 0.455 e. The van der Waals surface area contributed by atoms with Crippen molar-refractivity contribution in [1.29, 1.82) is 0 Å². The summed E-state index contributed by atoms with van der Waals surface area (Å²) < 4.78 is 75.9.